The van der Waals surface area contributed by atoms with E-state index in [1.54, 1.807) is 0 Å². The fourth-order valence-corrected chi connectivity index (χ4v) is 2.16. The molecule has 96 valence electrons. The number of ether oxygens (including phenoxy) is 1. The fourth-order valence-electron chi connectivity index (χ4n) is 2.16. The number of nitrogens with zero attached hydrogens (tertiary/aromatic N) is 1. The van der Waals surface area contributed by atoms with E-state index < -0.39 is 5.97 Å². The third-order valence-corrected chi connectivity index (χ3v) is 2.95. The second-order valence-electron chi connectivity index (χ2n) is 3.89. The molecule has 0 N–H and O–H groups in total. The number of oxazole rings is 1. The van der Waals surface area contributed by atoms with Gasteiger partial charge in [0.05, 0.1) is 7.11 Å². The molecule has 0 spiro atoms. The van der Waals surface area contributed by atoms with Crippen molar-refractivity contribution in [1.82, 2.24) is 4.98 Å². The molecule has 0 aromatic carbocycles. The number of hydrogen-bond acceptors (Lipinski definition) is 4. The van der Waals surface area contributed by atoms with Crippen molar-refractivity contribution >= 4 is 5.97 Å². The monoisotopic (exact) mass is 239 g/mol. The zero-order valence-corrected chi connectivity index (χ0v) is 10.9. The van der Waals surface area contributed by atoms with Gasteiger partial charge in [-0.05, 0) is 12.8 Å². The Morgan fingerprint density at radius 1 is 1.35 bits per heavy atom. The number of rotatable bonds is 2. The highest BCUT2D eigenvalue weighted by Gasteiger charge is 2.26. The molecule has 1 aromatic heterocycles. The minimum absolute atomic E-state index is 0.343. The van der Waals surface area contributed by atoms with Gasteiger partial charge in [-0.3, -0.25) is 0 Å². The Labute approximate surface area is 102 Å². The Hall–Kier alpha value is -1.32. The molecule has 17 heavy (non-hydrogen) atoms. The summed E-state index contributed by atoms with van der Waals surface area (Å²) in [5, 5.41) is 0. The number of aromatic nitrogens is 1. The van der Waals surface area contributed by atoms with Crippen LogP contribution in [0.3, 0.4) is 0 Å². The van der Waals surface area contributed by atoms with Crippen LogP contribution in [-0.4, -0.2) is 18.1 Å². The van der Waals surface area contributed by atoms with Gasteiger partial charge in [0, 0.05) is 5.92 Å². The van der Waals surface area contributed by atoms with Gasteiger partial charge in [-0.15, -0.1) is 0 Å². The van der Waals surface area contributed by atoms with Crippen molar-refractivity contribution in [3.8, 4) is 0 Å². The van der Waals surface area contributed by atoms with Crippen molar-refractivity contribution in [1.29, 1.82) is 0 Å². The number of hydrogen-bond donors (Lipinski definition) is 0. The molecule has 4 heteroatoms. The molecule has 4 nitrogen and oxygen atoms in total. The highest BCUT2D eigenvalue weighted by molar-refractivity contribution is 5.88. The Morgan fingerprint density at radius 2 is 2.00 bits per heavy atom. The van der Waals surface area contributed by atoms with Crippen molar-refractivity contribution in [2.24, 2.45) is 0 Å². The Morgan fingerprint density at radius 3 is 2.59 bits per heavy atom. The Balaban J connectivity index is 0.000000686. The molecule has 1 aromatic rings. The molecule has 1 aliphatic rings. The molecular formula is C13H21NO3. The maximum atomic E-state index is 11.4. The molecule has 0 unspecified atom stereocenters. The van der Waals surface area contributed by atoms with E-state index in [0.717, 1.165) is 12.8 Å². The minimum atomic E-state index is -0.399. The van der Waals surface area contributed by atoms with Gasteiger partial charge in [0.15, 0.2) is 12.1 Å². The van der Waals surface area contributed by atoms with Crippen LogP contribution >= 0.6 is 0 Å². The number of carbonyl (C=O) groups excluding carboxylic acids is 1. The zero-order valence-electron chi connectivity index (χ0n) is 10.9. The largest absolute Gasteiger partial charge is 0.464 e. The molecular weight excluding hydrogens is 218 g/mol. The molecule has 1 fully saturated rings. The summed E-state index contributed by atoms with van der Waals surface area (Å²) in [5.41, 5.74) is 0.351. The van der Waals surface area contributed by atoms with E-state index >= 15 is 0 Å². The summed E-state index contributed by atoms with van der Waals surface area (Å²) in [6.07, 6.45) is 7.17. The second-order valence-corrected chi connectivity index (χ2v) is 3.89. The summed E-state index contributed by atoms with van der Waals surface area (Å²) in [6.45, 7) is 4.00. The normalized spacial score (nSPS) is 15.9. The van der Waals surface area contributed by atoms with Gasteiger partial charge in [0.25, 0.3) is 0 Å². The molecule has 0 bridgehead atoms. The quantitative estimate of drug-likeness (QED) is 0.741. The van der Waals surface area contributed by atoms with Gasteiger partial charge < -0.3 is 9.15 Å². The first-order valence-corrected chi connectivity index (χ1v) is 6.34. The van der Waals surface area contributed by atoms with Gasteiger partial charge in [-0.1, -0.05) is 33.1 Å². The zero-order chi connectivity index (χ0) is 12.7. The lowest BCUT2D eigenvalue weighted by Gasteiger charge is -2.19. The standard InChI is InChI=1S/C11H15NO3.C2H6/c1-14-11(13)9-10(15-7-12-9)8-5-3-2-4-6-8;1-2/h7-8H,2-6H2,1H3;1-2H3. The van der Waals surface area contributed by atoms with Gasteiger partial charge >= 0.3 is 5.97 Å². The lowest BCUT2D eigenvalue weighted by Crippen LogP contribution is -2.10. The third kappa shape index (κ3) is 3.32. The van der Waals surface area contributed by atoms with E-state index in [2.05, 4.69) is 9.72 Å². The highest BCUT2D eigenvalue weighted by Crippen LogP contribution is 2.34. The lowest BCUT2D eigenvalue weighted by molar-refractivity contribution is 0.0591. The van der Waals surface area contributed by atoms with E-state index in [0.29, 0.717) is 17.4 Å². The molecule has 2 rings (SSSR count). The van der Waals surface area contributed by atoms with Crippen LogP contribution in [0.5, 0.6) is 0 Å². The molecule has 0 saturated heterocycles. The highest BCUT2D eigenvalue weighted by atomic mass is 16.5. The number of carbonyl (C=O) groups is 1. The van der Waals surface area contributed by atoms with Crippen molar-refractivity contribution in [3.63, 3.8) is 0 Å². The molecule has 1 heterocycles. The smallest absolute Gasteiger partial charge is 0.360 e. The maximum Gasteiger partial charge on any atom is 0.360 e. The first-order valence-electron chi connectivity index (χ1n) is 6.34. The van der Waals surface area contributed by atoms with Crippen LogP contribution in [0.1, 0.15) is 68.1 Å². The molecule has 1 saturated carbocycles. The SMILES string of the molecule is CC.COC(=O)c1ncoc1C1CCCCC1. The van der Waals surface area contributed by atoms with Crippen molar-refractivity contribution < 1.29 is 13.9 Å². The van der Waals surface area contributed by atoms with E-state index in [-0.39, 0.29) is 0 Å². The Kier molecular flexibility index (Phi) is 5.73. The summed E-state index contributed by atoms with van der Waals surface area (Å²) in [6, 6.07) is 0. The minimum Gasteiger partial charge on any atom is -0.464 e. The van der Waals surface area contributed by atoms with Crippen LogP contribution in [0.2, 0.25) is 0 Å². The van der Waals surface area contributed by atoms with Crippen LogP contribution < -0.4 is 0 Å². The molecule has 0 radical (unpaired) electrons. The van der Waals surface area contributed by atoms with E-state index in [4.69, 9.17) is 4.42 Å². The third-order valence-electron chi connectivity index (χ3n) is 2.95. The van der Waals surface area contributed by atoms with E-state index in [1.807, 2.05) is 13.8 Å². The van der Waals surface area contributed by atoms with Gasteiger partial charge in [0.2, 0.25) is 0 Å². The second kappa shape index (κ2) is 7.09. The summed E-state index contributed by atoms with van der Waals surface area (Å²) < 4.78 is 9.98. The number of esters is 1. The predicted molar refractivity (Wildman–Crippen MR) is 65.0 cm³/mol. The predicted octanol–water partition coefficient (Wildman–Crippen LogP) is 3.54. The van der Waals surface area contributed by atoms with E-state index in [1.165, 1.54) is 32.8 Å². The Bertz CT molecular complexity index is 340. The summed E-state index contributed by atoms with van der Waals surface area (Å²) in [7, 11) is 1.36. The van der Waals surface area contributed by atoms with E-state index in [9.17, 15) is 4.79 Å². The summed E-state index contributed by atoms with van der Waals surface area (Å²) in [5.74, 6) is 0.654. The van der Waals surface area contributed by atoms with Crippen LogP contribution in [0.15, 0.2) is 10.8 Å². The average molecular weight is 239 g/mol. The molecule has 0 aliphatic heterocycles. The van der Waals surface area contributed by atoms with Crippen LogP contribution in [-0.2, 0) is 4.74 Å². The summed E-state index contributed by atoms with van der Waals surface area (Å²) >= 11 is 0. The molecule has 1 aliphatic carbocycles. The van der Waals surface area contributed by atoms with Crippen LogP contribution in [0, 0.1) is 0 Å². The summed E-state index contributed by atoms with van der Waals surface area (Å²) in [4.78, 5) is 15.3. The first-order chi connectivity index (χ1) is 8.33. The van der Waals surface area contributed by atoms with Gasteiger partial charge in [0.1, 0.15) is 5.76 Å². The average Bonchev–Trinajstić information content (AvgIpc) is 2.90. The first kappa shape index (κ1) is 13.7. The van der Waals surface area contributed by atoms with Gasteiger partial charge in [-0.2, -0.15) is 0 Å². The van der Waals surface area contributed by atoms with Crippen LogP contribution in [0.25, 0.3) is 0 Å². The van der Waals surface area contributed by atoms with Crippen LogP contribution in [0.4, 0.5) is 0 Å². The van der Waals surface area contributed by atoms with Gasteiger partial charge in [-0.25, -0.2) is 9.78 Å². The number of methoxy groups -OCH3 is 1. The molecule has 0 atom stereocenters. The van der Waals surface area contributed by atoms with Crippen molar-refractivity contribution in [3.05, 3.63) is 17.8 Å². The lowest BCUT2D eigenvalue weighted by atomic mass is 9.87. The maximum absolute atomic E-state index is 11.4. The fraction of sp³-hybridized carbons (Fsp3) is 0.692. The molecule has 0 amide bonds. The topological polar surface area (TPSA) is 52.3 Å². The van der Waals surface area contributed by atoms with Crippen molar-refractivity contribution in [2.75, 3.05) is 7.11 Å². The van der Waals surface area contributed by atoms with Crippen molar-refractivity contribution in [2.45, 2.75) is 51.9 Å².